The Balaban J connectivity index is 1.33. The van der Waals surface area contributed by atoms with E-state index >= 15 is 0 Å². The van der Waals surface area contributed by atoms with Crippen molar-refractivity contribution in [3.8, 4) is 23.0 Å². The molecule has 2 saturated carbocycles. The Bertz CT molecular complexity index is 1250. The number of hydrogen-bond acceptors (Lipinski definition) is 4. The Labute approximate surface area is 199 Å². The third-order valence-corrected chi connectivity index (χ3v) is 8.23. The molecule has 2 amide bonds. The minimum atomic E-state index is -1.07. The standard InChI is InChI=1S/C29H27NO4/c1-2-3-4-7-14-29(22-12-13-23(29)25-24(22)26(31)30-27(25)32)34-28(33)18-10-11-21-19(16-18)15-17-8-5-6-9-20(17)21/h5-6,8-11,16,22-25H,2-4,12-13,15H2,1H3,(H,30,31,32)/t22-,23+,24-,25+,29?. The fourth-order valence-electron chi connectivity index (χ4n) is 6.75. The normalized spacial score (nSPS) is 29.7. The Morgan fingerprint density at radius 2 is 1.74 bits per heavy atom. The van der Waals surface area contributed by atoms with Crippen molar-refractivity contribution in [1.29, 1.82) is 0 Å². The lowest BCUT2D eigenvalue weighted by Crippen LogP contribution is -2.43. The van der Waals surface area contributed by atoms with Crippen LogP contribution >= 0.6 is 0 Å². The first kappa shape index (κ1) is 21.2. The number of imide groups is 1. The molecule has 1 unspecified atom stereocenters. The maximum atomic E-state index is 13.5. The number of esters is 1. The van der Waals surface area contributed by atoms with Crippen LogP contribution in [0.15, 0.2) is 42.5 Å². The van der Waals surface area contributed by atoms with Crippen LogP contribution in [0.4, 0.5) is 0 Å². The van der Waals surface area contributed by atoms with Gasteiger partial charge in [-0.2, -0.15) is 0 Å². The van der Waals surface area contributed by atoms with Crippen molar-refractivity contribution >= 4 is 17.8 Å². The van der Waals surface area contributed by atoms with E-state index in [9.17, 15) is 14.4 Å². The second-order valence-corrected chi connectivity index (χ2v) is 9.99. The molecule has 34 heavy (non-hydrogen) atoms. The SMILES string of the molecule is CCCCC#CC1(OC(=O)c2ccc3c(c2)Cc2ccccc2-3)[C@@H]2CC[C@H]1[C@@H]1C(=O)NC(=O)[C@@H]12. The summed E-state index contributed by atoms with van der Waals surface area (Å²) in [5.74, 6) is 4.24. The molecular weight excluding hydrogens is 426 g/mol. The van der Waals surface area contributed by atoms with E-state index in [1.165, 1.54) is 11.1 Å². The second kappa shape index (κ2) is 7.84. The summed E-state index contributed by atoms with van der Waals surface area (Å²) in [7, 11) is 0. The molecule has 0 radical (unpaired) electrons. The smallest absolute Gasteiger partial charge is 0.339 e. The fourth-order valence-corrected chi connectivity index (χ4v) is 6.75. The zero-order valence-electron chi connectivity index (χ0n) is 19.2. The Kier molecular flexibility index (Phi) is 4.88. The van der Waals surface area contributed by atoms with Crippen LogP contribution < -0.4 is 5.32 Å². The third kappa shape index (κ3) is 2.98. The van der Waals surface area contributed by atoms with E-state index in [1.54, 1.807) is 0 Å². The topological polar surface area (TPSA) is 72.5 Å². The first-order chi connectivity index (χ1) is 16.5. The number of carbonyl (C=O) groups excluding carboxylic acids is 3. The molecule has 4 aliphatic rings. The molecule has 5 nitrogen and oxygen atoms in total. The molecule has 2 aromatic rings. The van der Waals surface area contributed by atoms with Gasteiger partial charge in [0, 0.05) is 18.3 Å². The molecule has 6 rings (SSSR count). The molecule has 2 aromatic carbocycles. The Hall–Kier alpha value is -3.39. The van der Waals surface area contributed by atoms with Gasteiger partial charge in [-0.1, -0.05) is 55.5 Å². The molecule has 3 fully saturated rings. The highest BCUT2D eigenvalue weighted by Gasteiger charge is 2.71. The van der Waals surface area contributed by atoms with Gasteiger partial charge in [-0.05, 0) is 60.1 Å². The zero-order valence-corrected chi connectivity index (χ0v) is 19.2. The molecule has 0 aromatic heterocycles. The minimum absolute atomic E-state index is 0.242. The molecule has 2 bridgehead atoms. The van der Waals surface area contributed by atoms with Crippen LogP contribution in [0.25, 0.3) is 11.1 Å². The summed E-state index contributed by atoms with van der Waals surface area (Å²) in [6.07, 6.45) is 4.96. The van der Waals surface area contributed by atoms with E-state index in [0.717, 1.165) is 43.2 Å². The van der Waals surface area contributed by atoms with Crippen LogP contribution in [0.3, 0.4) is 0 Å². The van der Waals surface area contributed by atoms with Crippen LogP contribution in [-0.4, -0.2) is 23.4 Å². The number of benzene rings is 2. The highest BCUT2D eigenvalue weighted by Crippen LogP contribution is 2.61. The lowest BCUT2D eigenvalue weighted by Gasteiger charge is -2.30. The molecule has 1 N–H and O–H groups in total. The van der Waals surface area contributed by atoms with Gasteiger partial charge in [0.2, 0.25) is 11.8 Å². The van der Waals surface area contributed by atoms with E-state index in [0.29, 0.717) is 12.0 Å². The van der Waals surface area contributed by atoms with E-state index in [4.69, 9.17) is 4.74 Å². The summed E-state index contributed by atoms with van der Waals surface area (Å²) in [6, 6.07) is 14.0. The molecule has 5 heteroatoms. The van der Waals surface area contributed by atoms with Crippen LogP contribution in [0.2, 0.25) is 0 Å². The van der Waals surface area contributed by atoms with Gasteiger partial charge in [0.15, 0.2) is 5.60 Å². The number of rotatable bonds is 4. The van der Waals surface area contributed by atoms with Gasteiger partial charge >= 0.3 is 5.97 Å². The van der Waals surface area contributed by atoms with E-state index in [-0.39, 0.29) is 23.7 Å². The van der Waals surface area contributed by atoms with Crippen LogP contribution in [0.5, 0.6) is 0 Å². The van der Waals surface area contributed by atoms with Gasteiger partial charge in [-0.15, -0.1) is 0 Å². The summed E-state index contributed by atoms with van der Waals surface area (Å²) >= 11 is 0. The highest BCUT2D eigenvalue weighted by atomic mass is 16.6. The van der Waals surface area contributed by atoms with Crippen LogP contribution in [0, 0.1) is 35.5 Å². The molecule has 5 atom stereocenters. The monoisotopic (exact) mass is 453 g/mol. The largest absolute Gasteiger partial charge is 0.442 e. The van der Waals surface area contributed by atoms with Gasteiger partial charge in [0.05, 0.1) is 17.4 Å². The van der Waals surface area contributed by atoms with Gasteiger partial charge in [0.25, 0.3) is 0 Å². The first-order valence-electron chi connectivity index (χ1n) is 12.3. The fraction of sp³-hybridized carbons (Fsp3) is 0.414. The van der Waals surface area contributed by atoms with Crippen molar-refractivity contribution in [3.63, 3.8) is 0 Å². The van der Waals surface area contributed by atoms with E-state index < -0.39 is 23.4 Å². The molecule has 1 aliphatic heterocycles. The number of hydrogen-bond donors (Lipinski definition) is 1. The maximum absolute atomic E-state index is 13.5. The number of unbranched alkanes of at least 4 members (excludes halogenated alkanes) is 2. The van der Waals surface area contributed by atoms with Crippen molar-refractivity contribution in [1.82, 2.24) is 5.32 Å². The lowest BCUT2D eigenvalue weighted by atomic mass is 9.81. The minimum Gasteiger partial charge on any atom is -0.442 e. The van der Waals surface area contributed by atoms with Gasteiger partial charge in [0.1, 0.15) is 0 Å². The van der Waals surface area contributed by atoms with Crippen molar-refractivity contribution in [3.05, 3.63) is 59.2 Å². The second-order valence-electron chi connectivity index (χ2n) is 9.99. The predicted molar refractivity (Wildman–Crippen MR) is 126 cm³/mol. The average molecular weight is 454 g/mol. The first-order valence-corrected chi connectivity index (χ1v) is 12.3. The lowest BCUT2D eigenvalue weighted by molar-refractivity contribution is -0.128. The zero-order chi connectivity index (χ0) is 23.4. The van der Waals surface area contributed by atoms with Crippen molar-refractivity contribution in [2.24, 2.45) is 23.7 Å². The number of carbonyl (C=O) groups is 3. The predicted octanol–water partition coefficient (Wildman–Crippen LogP) is 4.28. The van der Waals surface area contributed by atoms with Crippen LogP contribution in [-0.2, 0) is 20.7 Å². The summed E-state index contributed by atoms with van der Waals surface area (Å²) in [4.78, 5) is 38.7. The van der Waals surface area contributed by atoms with E-state index in [2.05, 4.69) is 36.2 Å². The number of amides is 2. The van der Waals surface area contributed by atoms with Crippen molar-refractivity contribution in [2.75, 3.05) is 0 Å². The summed E-state index contributed by atoms with van der Waals surface area (Å²) in [5, 5.41) is 2.49. The van der Waals surface area contributed by atoms with Crippen molar-refractivity contribution < 1.29 is 19.1 Å². The van der Waals surface area contributed by atoms with Gasteiger partial charge in [-0.25, -0.2) is 4.79 Å². The molecule has 1 saturated heterocycles. The Morgan fingerprint density at radius 3 is 2.47 bits per heavy atom. The molecule has 172 valence electrons. The molecular formula is C29H27NO4. The number of nitrogens with one attached hydrogen (secondary N) is 1. The molecule has 3 aliphatic carbocycles. The Morgan fingerprint density at radius 1 is 1.03 bits per heavy atom. The van der Waals surface area contributed by atoms with Crippen molar-refractivity contribution in [2.45, 2.75) is 51.0 Å². The maximum Gasteiger partial charge on any atom is 0.339 e. The average Bonchev–Trinajstić information content (AvgIpc) is 3.54. The summed E-state index contributed by atoms with van der Waals surface area (Å²) in [6.45, 7) is 2.11. The quantitative estimate of drug-likeness (QED) is 0.277. The van der Waals surface area contributed by atoms with E-state index in [1.807, 2.05) is 30.3 Å². The van der Waals surface area contributed by atoms with Crippen LogP contribution in [0.1, 0.15) is 60.5 Å². The number of fused-ring (bicyclic) bond motifs is 8. The molecule has 0 spiro atoms. The third-order valence-electron chi connectivity index (χ3n) is 8.23. The summed E-state index contributed by atoms with van der Waals surface area (Å²) in [5.41, 5.74) is 4.15. The molecule has 1 heterocycles. The highest BCUT2D eigenvalue weighted by molar-refractivity contribution is 6.06. The van der Waals surface area contributed by atoms with Gasteiger partial charge < -0.3 is 4.74 Å². The van der Waals surface area contributed by atoms with Gasteiger partial charge in [-0.3, -0.25) is 14.9 Å². The summed E-state index contributed by atoms with van der Waals surface area (Å²) < 4.78 is 6.28. The number of ether oxygens (including phenoxy) is 1.